The largest absolute Gasteiger partial charge is 0.394 e. The second kappa shape index (κ2) is 5.06. The van der Waals surface area contributed by atoms with Crippen molar-refractivity contribution in [2.75, 3.05) is 6.61 Å². The number of hydrogen-bond donors (Lipinski definition) is 5. The van der Waals surface area contributed by atoms with Gasteiger partial charge in [-0.1, -0.05) is 6.92 Å². The van der Waals surface area contributed by atoms with Crippen molar-refractivity contribution in [3.63, 3.8) is 0 Å². The summed E-state index contributed by atoms with van der Waals surface area (Å²) in [5.74, 6) is 0. The van der Waals surface area contributed by atoms with Crippen LogP contribution >= 0.6 is 0 Å². The average molecular weight is 273 g/mol. The Balaban J connectivity index is 2.16. The number of nitrogens with two attached hydrogens (primary N) is 1. The standard InChI is InChI=1S/C11H19N3O5/c1-2-11(12)3-4-14(10(18)13-11)9-8(17)7(16)6(5-15)19-9/h3-4,6-9,15-17H,2,5,12H2,1H3,(H,13,18)/t6-,7-,8-,9-,11?/m1/s1. The molecule has 0 saturated carbocycles. The van der Waals surface area contributed by atoms with E-state index in [2.05, 4.69) is 5.32 Å². The normalized spacial score (nSPS) is 42.6. The number of amides is 2. The van der Waals surface area contributed by atoms with Crippen molar-refractivity contribution in [2.45, 2.75) is 43.5 Å². The third kappa shape index (κ3) is 2.45. The summed E-state index contributed by atoms with van der Waals surface area (Å²) < 4.78 is 5.27. The van der Waals surface area contributed by atoms with E-state index in [4.69, 9.17) is 15.6 Å². The third-order valence-electron chi connectivity index (χ3n) is 3.48. The van der Waals surface area contributed by atoms with E-state index in [1.807, 2.05) is 6.92 Å². The Morgan fingerprint density at radius 1 is 1.53 bits per heavy atom. The molecule has 2 aliphatic rings. The summed E-state index contributed by atoms with van der Waals surface area (Å²) in [7, 11) is 0. The number of hydrogen-bond acceptors (Lipinski definition) is 6. The van der Waals surface area contributed by atoms with Crippen LogP contribution in [0.3, 0.4) is 0 Å². The van der Waals surface area contributed by atoms with Gasteiger partial charge in [0.25, 0.3) is 0 Å². The molecule has 5 atom stereocenters. The quantitative estimate of drug-likeness (QED) is 0.406. The fourth-order valence-electron chi connectivity index (χ4n) is 2.10. The zero-order valence-electron chi connectivity index (χ0n) is 10.6. The minimum atomic E-state index is -1.29. The minimum Gasteiger partial charge on any atom is -0.394 e. The van der Waals surface area contributed by atoms with Crippen LogP contribution in [0.25, 0.3) is 0 Å². The third-order valence-corrected chi connectivity index (χ3v) is 3.48. The number of rotatable bonds is 3. The van der Waals surface area contributed by atoms with Gasteiger partial charge in [-0.05, 0) is 12.5 Å². The molecule has 0 aliphatic carbocycles. The molecule has 2 rings (SSSR count). The van der Waals surface area contributed by atoms with Crippen molar-refractivity contribution in [1.29, 1.82) is 0 Å². The molecule has 2 heterocycles. The number of carbonyl (C=O) groups is 1. The number of nitrogens with one attached hydrogen (secondary N) is 1. The lowest BCUT2D eigenvalue weighted by Crippen LogP contribution is -2.62. The molecule has 0 aromatic rings. The van der Waals surface area contributed by atoms with E-state index in [0.29, 0.717) is 6.42 Å². The van der Waals surface area contributed by atoms with Crippen molar-refractivity contribution in [3.8, 4) is 0 Å². The van der Waals surface area contributed by atoms with Crippen molar-refractivity contribution in [1.82, 2.24) is 10.2 Å². The highest BCUT2D eigenvalue weighted by atomic mass is 16.6. The second-order valence-electron chi connectivity index (χ2n) is 4.78. The zero-order chi connectivity index (χ0) is 14.2. The SMILES string of the molecule is CCC1(N)C=CN([C@@H]2O[C@H](CO)[C@@H](O)[C@H]2O)C(=O)N1. The van der Waals surface area contributed by atoms with E-state index in [1.54, 1.807) is 6.08 Å². The molecule has 0 aromatic heterocycles. The minimum absolute atomic E-state index is 0.441. The summed E-state index contributed by atoms with van der Waals surface area (Å²) >= 11 is 0. The Morgan fingerprint density at radius 2 is 2.21 bits per heavy atom. The molecule has 108 valence electrons. The number of carbonyl (C=O) groups excluding carboxylic acids is 1. The topological polar surface area (TPSA) is 128 Å². The highest BCUT2D eigenvalue weighted by Crippen LogP contribution is 2.26. The van der Waals surface area contributed by atoms with Crippen LogP contribution in [0.2, 0.25) is 0 Å². The molecule has 0 aromatic carbocycles. The molecule has 8 nitrogen and oxygen atoms in total. The lowest BCUT2D eigenvalue weighted by Gasteiger charge is -2.37. The zero-order valence-corrected chi connectivity index (χ0v) is 10.6. The fraction of sp³-hybridized carbons (Fsp3) is 0.727. The molecule has 2 amide bonds. The summed E-state index contributed by atoms with van der Waals surface area (Å²) in [4.78, 5) is 13.1. The Bertz CT molecular complexity index is 391. The van der Waals surface area contributed by atoms with Gasteiger partial charge < -0.3 is 31.1 Å². The number of aliphatic hydroxyl groups excluding tert-OH is 3. The summed E-state index contributed by atoms with van der Waals surface area (Å²) in [5, 5.41) is 31.1. The first-order chi connectivity index (χ1) is 8.91. The van der Waals surface area contributed by atoms with Crippen LogP contribution in [0.4, 0.5) is 4.79 Å². The van der Waals surface area contributed by atoms with E-state index >= 15 is 0 Å². The number of ether oxygens (including phenoxy) is 1. The highest BCUT2D eigenvalue weighted by molar-refractivity contribution is 5.78. The lowest BCUT2D eigenvalue weighted by atomic mass is 10.1. The first kappa shape index (κ1) is 14.2. The fourth-order valence-corrected chi connectivity index (χ4v) is 2.10. The summed E-state index contributed by atoms with van der Waals surface area (Å²) in [6, 6.07) is -0.526. The second-order valence-corrected chi connectivity index (χ2v) is 4.78. The highest BCUT2D eigenvalue weighted by Gasteiger charge is 2.47. The maximum Gasteiger partial charge on any atom is 0.325 e. The Morgan fingerprint density at radius 3 is 2.68 bits per heavy atom. The molecule has 1 unspecified atom stereocenters. The molecule has 6 N–H and O–H groups in total. The van der Waals surface area contributed by atoms with E-state index in [0.717, 1.165) is 4.90 Å². The molecule has 0 spiro atoms. The van der Waals surface area contributed by atoms with E-state index in [-0.39, 0.29) is 0 Å². The van der Waals surface area contributed by atoms with Gasteiger partial charge in [-0.2, -0.15) is 0 Å². The molecule has 8 heteroatoms. The van der Waals surface area contributed by atoms with Crippen molar-refractivity contribution < 1.29 is 24.9 Å². The number of urea groups is 1. The molecule has 2 aliphatic heterocycles. The maximum absolute atomic E-state index is 12.0. The molecule has 0 radical (unpaired) electrons. The van der Waals surface area contributed by atoms with Gasteiger partial charge in [-0.3, -0.25) is 4.90 Å². The van der Waals surface area contributed by atoms with Gasteiger partial charge in [0.15, 0.2) is 6.23 Å². The molecular weight excluding hydrogens is 254 g/mol. The number of nitrogens with zero attached hydrogens (tertiary/aromatic N) is 1. The smallest absolute Gasteiger partial charge is 0.325 e. The van der Waals surface area contributed by atoms with E-state index in [9.17, 15) is 15.0 Å². The predicted octanol–water partition coefficient (Wildman–Crippen LogP) is -1.97. The van der Waals surface area contributed by atoms with Crippen molar-refractivity contribution in [2.24, 2.45) is 5.73 Å². The Hall–Kier alpha value is -1.19. The van der Waals surface area contributed by atoms with Gasteiger partial charge in [0.1, 0.15) is 24.0 Å². The monoisotopic (exact) mass is 273 g/mol. The van der Waals surface area contributed by atoms with Crippen LogP contribution in [-0.2, 0) is 4.74 Å². The first-order valence-corrected chi connectivity index (χ1v) is 6.13. The van der Waals surface area contributed by atoms with Crippen LogP contribution in [0, 0.1) is 0 Å². The number of aliphatic hydroxyl groups is 3. The average Bonchev–Trinajstić information content (AvgIpc) is 2.67. The predicted molar refractivity (Wildman–Crippen MR) is 64.5 cm³/mol. The van der Waals surface area contributed by atoms with E-state index in [1.165, 1.54) is 6.20 Å². The van der Waals surface area contributed by atoms with E-state index < -0.39 is 42.8 Å². The van der Waals surface area contributed by atoms with Crippen LogP contribution < -0.4 is 11.1 Å². The summed E-state index contributed by atoms with van der Waals surface area (Å²) in [6.45, 7) is 1.39. The van der Waals surface area contributed by atoms with Crippen molar-refractivity contribution >= 4 is 6.03 Å². The van der Waals surface area contributed by atoms with Gasteiger partial charge in [-0.25, -0.2) is 4.79 Å². The Kier molecular flexibility index (Phi) is 3.79. The molecule has 0 bridgehead atoms. The molecule has 19 heavy (non-hydrogen) atoms. The summed E-state index contributed by atoms with van der Waals surface area (Å²) in [6.07, 6.45) is -0.988. The van der Waals surface area contributed by atoms with Crippen LogP contribution in [-0.4, -0.2) is 63.1 Å². The van der Waals surface area contributed by atoms with Gasteiger partial charge in [0, 0.05) is 6.20 Å². The Labute approximate surface area is 110 Å². The maximum atomic E-state index is 12.0. The van der Waals surface area contributed by atoms with Gasteiger partial charge in [0.05, 0.1) is 6.61 Å². The van der Waals surface area contributed by atoms with Gasteiger partial charge in [0.2, 0.25) is 0 Å². The van der Waals surface area contributed by atoms with Crippen LogP contribution in [0.1, 0.15) is 13.3 Å². The van der Waals surface area contributed by atoms with Gasteiger partial charge in [-0.15, -0.1) is 0 Å². The molecular formula is C11H19N3O5. The van der Waals surface area contributed by atoms with Gasteiger partial charge >= 0.3 is 6.03 Å². The molecule has 1 fully saturated rings. The summed E-state index contributed by atoms with van der Waals surface area (Å²) in [5.41, 5.74) is 4.96. The molecule has 1 saturated heterocycles. The van der Waals surface area contributed by atoms with Crippen molar-refractivity contribution in [3.05, 3.63) is 12.3 Å². The van der Waals surface area contributed by atoms with Crippen LogP contribution in [0.15, 0.2) is 12.3 Å². The first-order valence-electron chi connectivity index (χ1n) is 6.13. The van der Waals surface area contributed by atoms with Crippen LogP contribution in [0.5, 0.6) is 0 Å². The lowest BCUT2D eigenvalue weighted by molar-refractivity contribution is -0.0669.